The van der Waals surface area contributed by atoms with E-state index in [0.717, 1.165) is 18.4 Å². The summed E-state index contributed by atoms with van der Waals surface area (Å²) in [6, 6.07) is 10.0. The van der Waals surface area contributed by atoms with E-state index in [1.165, 1.54) is 0 Å². The Bertz CT molecular complexity index is 384. The molecule has 1 aliphatic carbocycles. The first-order chi connectivity index (χ1) is 8.20. The Kier molecular flexibility index (Phi) is 3.48. The fraction of sp³-hybridized carbons (Fsp3) is 0.500. The van der Waals surface area contributed by atoms with Gasteiger partial charge in [0.1, 0.15) is 0 Å². The first kappa shape index (κ1) is 12.1. The zero-order valence-electron chi connectivity index (χ0n) is 10.2. The van der Waals surface area contributed by atoms with Crippen LogP contribution in [0.25, 0.3) is 0 Å². The fourth-order valence-corrected chi connectivity index (χ4v) is 2.28. The Morgan fingerprint density at radius 3 is 2.53 bits per heavy atom. The monoisotopic (exact) mass is 233 g/mol. The highest BCUT2D eigenvalue weighted by Gasteiger charge is 2.52. The molecule has 0 aromatic heterocycles. The number of carbonyl (C=O) groups excluding carboxylic acids is 1. The third kappa shape index (κ3) is 2.34. The van der Waals surface area contributed by atoms with Crippen LogP contribution < -0.4 is 0 Å². The van der Waals surface area contributed by atoms with Crippen molar-refractivity contribution in [2.24, 2.45) is 0 Å². The lowest BCUT2D eigenvalue weighted by atomic mass is 9.94. The summed E-state index contributed by atoms with van der Waals surface area (Å²) >= 11 is 0. The molecule has 1 saturated carbocycles. The summed E-state index contributed by atoms with van der Waals surface area (Å²) in [5.41, 5.74) is 0.853. The zero-order chi connectivity index (χ0) is 12.3. The van der Waals surface area contributed by atoms with Gasteiger partial charge in [0.2, 0.25) is 5.91 Å². The summed E-state index contributed by atoms with van der Waals surface area (Å²) in [6.45, 7) is 0.764. The predicted molar refractivity (Wildman–Crippen MR) is 66.7 cm³/mol. The lowest BCUT2D eigenvalue weighted by molar-refractivity contribution is -0.132. The molecule has 3 nitrogen and oxygen atoms in total. The standard InChI is InChI=1S/C14H19NO2/c1-15(10-5-11-16)13(17)14(8-9-14)12-6-3-2-4-7-12/h2-4,6-7,16H,5,8-11H2,1H3. The molecular weight excluding hydrogens is 214 g/mol. The number of amides is 1. The number of benzene rings is 1. The maximum atomic E-state index is 12.4. The van der Waals surface area contributed by atoms with Crippen LogP contribution in [0.15, 0.2) is 30.3 Å². The van der Waals surface area contributed by atoms with Gasteiger partial charge in [0.15, 0.2) is 0 Å². The lowest BCUT2D eigenvalue weighted by Gasteiger charge is -2.23. The smallest absolute Gasteiger partial charge is 0.232 e. The van der Waals surface area contributed by atoms with E-state index in [1.54, 1.807) is 4.90 Å². The molecule has 1 amide bonds. The summed E-state index contributed by atoms with van der Waals surface area (Å²) in [6.07, 6.45) is 2.53. The van der Waals surface area contributed by atoms with Gasteiger partial charge >= 0.3 is 0 Å². The van der Waals surface area contributed by atoms with E-state index < -0.39 is 0 Å². The first-order valence-electron chi connectivity index (χ1n) is 6.13. The van der Waals surface area contributed by atoms with Gasteiger partial charge in [-0.15, -0.1) is 0 Å². The highest BCUT2D eigenvalue weighted by atomic mass is 16.3. The number of likely N-dealkylation sites (N-methyl/N-ethyl adjacent to an activating group) is 1. The minimum Gasteiger partial charge on any atom is -0.396 e. The molecular formula is C14H19NO2. The molecule has 0 unspecified atom stereocenters. The third-order valence-corrected chi connectivity index (χ3v) is 3.48. The van der Waals surface area contributed by atoms with Crippen molar-refractivity contribution in [1.82, 2.24) is 4.90 Å². The number of hydrogen-bond donors (Lipinski definition) is 1. The van der Waals surface area contributed by atoms with Gasteiger partial charge in [0.05, 0.1) is 5.41 Å². The fourth-order valence-electron chi connectivity index (χ4n) is 2.28. The van der Waals surface area contributed by atoms with Crippen LogP contribution in [0, 0.1) is 0 Å². The molecule has 0 aliphatic heterocycles. The maximum absolute atomic E-state index is 12.4. The largest absolute Gasteiger partial charge is 0.396 e. The van der Waals surface area contributed by atoms with Crippen LogP contribution in [0.1, 0.15) is 24.8 Å². The topological polar surface area (TPSA) is 40.5 Å². The number of hydrogen-bond acceptors (Lipinski definition) is 2. The Balaban J connectivity index is 2.09. The second-order valence-electron chi connectivity index (χ2n) is 4.75. The van der Waals surface area contributed by atoms with Crippen LogP contribution >= 0.6 is 0 Å². The molecule has 1 N–H and O–H groups in total. The van der Waals surface area contributed by atoms with Crippen LogP contribution in [-0.2, 0) is 10.2 Å². The van der Waals surface area contributed by atoms with Gasteiger partial charge in [-0.3, -0.25) is 4.79 Å². The molecule has 0 radical (unpaired) electrons. The van der Waals surface area contributed by atoms with Crippen LogP contribution in [0.5, 0.6) is 0 Å². The average molecular weight is 233 g/mol. The SMILES string of the molecule is CN(CCCO)C(=O)C1(c2ccccc2)CC1. The van der Waals surface area contributed by atoms with E-state index in [-0.39, 0.29) is 17.9 Å². The van der Waals surface area contributed by atoms with E-state index in [4.69, 9.17) is 5.11 Å². The van der Waals surface area contributed by atoms with Crippen molar-refractivity contribution in [3.8, 4) is 0 Å². The Morgan fingerprint density at radius 2 is 2.00 bits per heavy atom. The number of rotatable bonds is 5. The number of nitrogens with zero attached hydrogens (tertiary/aromatic N) is 1. The van der Waals surface area contributed by atoms with Crippen molar-refractivity contribution in [2.75, 3.05) is 20.2 Å². The normalized spacial score (nSPS) is 16.6. The first-order valence-corrected chi connectivity index (χ1v) is 6.13. The average Bonchev–Trinajstić information content (AvgIpc) is 3.17. The Morgan fingerprint density at radius 1 is 1.35 bits per heavy atom. The van der Waals surface area contributed by atoms with E-state index in [1.807, 2.05) is 37.4 Å². The van der Waals surface area contributed by atoms with Crippen LogP contribution in [0.2, 0.25) is 0 Å². The molecule has 0 spiro atoms. The molecule has 0 atom stereocenters. The molecule has 2 rings (SSSR count). The molecule has 1 fully saturated rings. The number of carbonyl (C=O) groups is 1. The van der Waals surface area contributed by atoms with Gasteiger partial charge in [-0.2, -0.15) is 0 Å². The molecule has 1 aromatic carbocycles. The molecule has 0 saturated heterocycles. The second-order valence-corrected chi connectivity index (χ2v) is 4.75. The number of aliphatic hydroxyl groups excluding tert-OH is 1. The van der Waals surface area contributed by atoms with E-state index in [9.17, 15) is 4.79 Å². The van der Waals surface area contributed by atoms with Crippen molar-refractivity contribution >= 4 is 5.91 Å². The third-order valence-electron chi connectivity index (χ3n) is 3.48. The number of aliphatic hydroxyl groups is 1. The van der Waals surface area contributed by atoms with Gasteiger partial charge in [-0.1, -0.05) is 30.3 Å². The summed E-state index contributed by atoms with van der Waals surface area (Å²) in [4.78, 5) is 14.1. The highest BCUT2D eigenvalue weighted by molar-refractivity contribution is 5.91. The Hall–Kier alpha value is -1.35. The van der Waals surface area contributed by atoms with Gasteiger partial charge in [0.25, 0.3) is 0 Å². The van der Waals surface area contributed by atoms with Gasteiger partial charge in [-0.25, -0.2) is 0 Å². The van der Waals surface area contributed by atoms with Gasteiger partial charge < -0.3 is 10.0 Å². The van der Waals surface area contributed by atoms with E-state index in [2.05, 4.69) is 0 Å². The maximum Gasteiger partial charge on any atom is 0.232 e. The molecule has 17 heavy (non-hydrogen) atoms. The second kappa shape index (κ2) is 4.88. The molecule has 1 aromatic rings. The highest BCUT2D eigenvalue weighted by Crippen LogP contribution is 2.49. The van der Waals surface area contributed by atoms with Crippen LogP contribution in [0.4, 0.5) is 0 Å². The van der Waals surface area contributed by atoms with Crippen molar-refractivity contribution in [2.45, 2.75) is 24.7 Å². The van der Waals surface area contributed by atoms with Crippen molar-refractivity contribution in [3.63, 3.8) is 0 Å². The van der Waals surface area contributed by atoms with Gasteiger partial charge in [0, 0.05) is 20.2 Å². The molecule has 0 heterocycles. The molecule has 3 heteroatoms. The lowest BCUT2D eigenvalue weighted by Crippen LogP contribution is -2.37. The summed E-state index contributed by atoms with van der Waals surface area (Å²) in [5.74, 6) is 0.192. The molecule has 0 bridgehead atoms. The summed E-state index contributed by atoms with van der Waals surface area (Å²) < 4.78 is 0. The zero-order valence-corrected chi connectivity index (χ0v) is 10.2. The quantitative estimate of drug-likeness (QED) is 0.838. The Labute approximate surface area is 102 Å². The van der Waals surface area contributed by atoms with Crippen molar-refractivity contribution in [1.29, 1.82) is 0 Å². The van der Waals surface area contributed by atoms with E-state index in [0.29, 0.717) is 13.0 Å². The van der Waals surface area contributed by atoms with Crippen LogP contribution in [-0.4, -0.2) is 36.1 Å². The van der Waals surface area contributed by atoms with Crippen molar-refractivity contribution < 1.29 is 9.90 Å². The van der Waals surface area contributed by atoms with Crippen LogP contribution in [0.3, 0.4) is 0 Å². The van der Waals surface area contributed by atoms with E-state index >= 15 is 0 Å². The molecule has 92 valence electrons. The summed E-state index contributed by atoms with van der Waals surface area (Å²) in [7, 11) is 1.82. The summed E-state index contributed by atoms with van der Waals surface area (Å²) in [5, 5.41) is 8.79. The predicted octanol–water partition coefficient (Wildman–Crippen LogP) is 1.56. The van der Waals surface area contributed by atoms with Crippen molar-refractivity contribution in [3.05, 3.63) is 35.9 Å². The van der Waals surface area contributed by atoms with Gasteiger partial charge in [-0.05, 0) is 24.8 Å². The minimum absolute atomic E-state index is 0.135. The minimum atomic E-state index is -0.272. The molecule has 1 aliphatic rings.